The maximum absolute atomic E-state index is 3.96. The Balaban J connectivity index is 0.000000337. The molecule has 0 aromatic heterocycles. The second kappa shape index (κ2) is 5.59. The van der Waals surface area contributed by atoms with Crippen molar-refractivity contribution in [3.8, 4) is 0 Å². The number of para-hydroxylation sites is 1. The van der Waals surface area contributed by atoms with E-state index in [4.69, 9.17) is 0 Å². The maximum atomic E-state index is 3.96. The van der Waals surface area contributed by atoms with E-state index in [1.165, 1.54) is 17.7 Å². The van der Waals surface area contributed by atoms with Crippen molar-refractivity contribution in [3.63, 3.8) is 0 Å². The summed E-state index contributed by atoms with van der Waals surface area (Å²) < 4.78 is 0. The molecular weight excluding hydrogens is 182 g/mol. The zero-order chi connectivity index (χ0) is 11.3. The molecule has 0 radical (unpaired) electrons. The first kappa shape index (κ1) is 11.8. The van der Waals surface area contributed by atoms with Crippen LogP contribution < -0.4 is 4.90 Å². The second-order valence-electron chi connectivity index (χ2n) is 3.97. The quantitative estimate of drug-likeness (QED) is 0.667. The van der Waals surface area contributed by atoms with Crippen LogP contribution in [0.15, 0.2) is 36.5 Å². The van der Waals surface area contributed by atoms with Gasteiger partial charge in [-0.3, -0.25) is 0 Å². The van der Waals surface area contributed by atoms with E-state index in [1.807, 2.05) is 0 Å². The van der Waals surface area contributed by atoms with E-state index in [-0.39, 0.29) is 0 Å². The fraction of sp³-hybridized carbons (Fsp3) is 0.429. The van der Waals surface area contributed by atoms with Gasteiger partial charge in [-0.25, -0.2) is 0 Å². The van der Waals surface area contributed by atoms with Crippen molar-refractivity contribution in [2.24, 2.45) is 0 Å². The normalized spacial score (nSPS) is 12.9. The Morgan fingerprint density at radius 1 is 1.33 bits per heavy atom. The van der Waals surface area contributed by atoms with Crippen LogP contribution in [0.25, 0.3) is 0 Å². The van der Waals surface area contributed by atoms with Crippen LogP contribution in [0.5, 0.6) is 0 Å². The van der Waals surface area contributed by atoms with Gasteiger partial charge in [0.2, 0.25) is 0 Å². The molecule has 1 aromatic carbocycles. The lowest BCUT2D eigenvalue weighted by atomic mass is 10.2. The highest BCUT2D eigenvalue weighted by atomic mass is 15.2. The molecule has 1 nitrogen and oxygen atoms in total. The fourth-order valence-corrected chi connectivity index (χ4v) is 1.73. The molecule has 0 saturated heterocycles. The molecule has 0 atom stereocenters. The minimum absolute atomic E-state index is 1.09. The monoisotopic (exact) mass is 203 g/mol. The lowest BCUT2D eigenvalue weighted by Crippen LogP contribution is -2.16. The number of anilines is 1. The first-order valence-electron chi connectivity index (χ1n) is 5.71. The minimum atomic E-state index is 1.09. The SMILES string of the molecule is C=C(C)N1CCc2ccccc21.CCC. The summed E-state index contributed by atoms with van der Waals surface area (Å²) in [5.74, 6) is 0. The van der Waals surface area contributed by atoms with Gasteiger partial charge in [-0.1, -0.05) is 45.0 Å². The van der Waals surface area contributed by atoms with Gasteiger partial charge in [0, 0.05) is 17.9 Å². The van der Waals surface area contributed by atoms with E-state index in [0.29, 0.717) is 0 Å². The molecule has 0 fully saturated rings. The van der Waals surface area contributed by atoms with Crippen molar-refractivity contribution < 1.29 is 0 Å². The number of hydrogen-bond acceptors (Lipinski definition) is 1. The summed E-state index contributed by atoms with van der Waals surface area (Å²) in [6.07, 6.45) is 2.41. The van der Waals surface area contributed by atoms with Crippen molar-refractivity contribution in [2.45, 2.75) is 33.6 Å². The summed E-state index contributed by atoms with van der Waals surface area (Å²) in [4.78, 5) is 2.27. The van der Waals surface area contributed by atoms with Crippen LogP contribution in [0.2, 0.25) is 0 Å². The molecular formula is C14H21N. The van der Waals surface area contributed by atoms with Gasteiger partial charge in [0.25, 0.3) is 0 Å². The molecule has 0 N–H and O–H groups in total. The summed E-state index contributed by atoms with van der Waals surface area (Å²) >= 11 is 0. The average molecular weight is 203 g/mol. The van der Waals surface area contributed by atoms with Crippen LogP contribution in [0.3, 0.4) is 0 Å². The highest BCUT2D eigenvalue weighted by Crippen LogP contribution is 2.29. The second-order valence-corrected chi connectivity index (χ2v) is 3.97. The van der Waals surface area contributed by atoms with Crippen molar-refractivity contribution >= 4 is 5.69 Å². The summed E-state index contributed by atoms with van der Waals surface area (Å²) in [5.41, 5.74) is 3.92. The minimum Gasteiger partial charge on any atom is -0.345 e. The Hall–Kier alpha value is -1.24. The highest BCUT2D eigenvalue weighted by Gasteiger charge is 2.17. The molecule has 0 saturated carbocycles. The first-order valence-corrected chi connectivity index (χ1v) is 5.71. The molecule has 1 heteroatoms. The Morgan fingerprint density at radius 2 is 1.93 bits per heavy atom. The first-order chi connectivity index (χ1) is 7.20. The largest absolute Gasteiger partial charge is 0.345 e. The standard InChI is InChI=1S/C11H13N.C3H8/c1-9(2)12-8-7-10-5-3-4-6-11(10)12;1-3-2/h3-6H,1,7-8H2,2H3;3H2,1-2H3. The van der Waals surface area contributed by atoms with Crippen LogP contribution in [-0.2, 0) is 6.42 Å². The average Bonchev–Trinajstić information content (AvgIpc) is 2.62. The molecule has 1 aliphatic rings. The summed E-state index contributed by atoms with van der Waals surface area (Å²) in [7, 11) is 0. The van der Waals surface area contributed by atoms with Gasteiger partial charge in [0.15, 0.2) is 0 Å². The molecule has 0 amide bonds. The molecule has 1 aliphatic heterocycles. The summed E-state index contributed by atoms with van der Waals surface area (Å²) in [6.45, 7) is 11.4. The highest BCUT2D eigenvalue weighted by molar-refractivity contribution is 5.61. The van der Waals surface area contributed by atoms with Crippen molar-refractivity contribution in [1.29, 1.82) is 0 Å². The lowest BCUT2D eigenvalue weighted by molar-refractivity contribution is 0.948. The molecule has 0 aliphatic carbocycles. The van der Waals surface area contributed by atoms with E-state index in [1.54, 1.807) is 0 Å². The molecule has 2 rings (SSSR count). The van der Waals surface area contributed by atoms with E-state index in [9.17, 15) is 0 Å². The van der Waals surface area contributed by atoms with Gasteiger partial charge >= 0.3 is 0 Å². The Kier molecular flexibility index (Phi) is 4.41. The van der Waals surface area contributed by atoms with Gasteiger partial charge in [0.05, 0.1) is 0 Å². The lowest BCUT2D eigenvalue weighted by Gasteiger charge is -2.18. The molecule has 0 spiro atoms. The van der Waals surface area contributed by atoms with Gasteiger partial charge in [0.1, 0.15) is 0 Å². The van der Waals surface area contributed by atoms with E-state index < -0.39 is 0 Å². The van der Waals surface area contributed by atoms with Crippen LogP contribution >= 0.6 is 0 Å². The van der Waals surface area contributed by atoms with Crippen molar-refractivity contribution in [1.82, 2.24) is 0 Å². The predicted molar refractivity (Wildman–Crippen MR) is 68.3 cm³/mol. The zero-order valence-corrected chi connectivity index (χ0v) is 10.1. The molecule has 0 bridgehead atoms. The molecule has 1 heterocycles. The fourth-order valence-electron chi connectivity index (χ4n) is 1.73. The van der Waals surface area contributed by atoms with E-state index in [2.05, 4.69) is 56.5 Å². The third-order valence-electron chi connectivity index (χ3n) is 2.35. The van der Waals surface area contributed by atoms with Gasteiger partial charge in [-0.05, 0) is 25.0 Å². The van der Waals surface area contributed by atoms with E-state index >= 15 is 0 Å². The van der Waals surface area contributed by atoms with Crippen LogP contribution in [0, 0.1) is 0 Å². The Labute approximate surface area is 93.4 Å². The smallest absolute Gasteiger partial charge is 0.0441 e. The predicted octanol–water partition coefficient (Wildman–Crippen LogP) is 4.00. The number of allylic oxidation sites excluding steroid dienone is 1. The molecule has 0 unspecified atom stereocenters. The van der Waals surface area contributed by atoms with Gasteiger partial charge in [-0.15, -0.1) is 0 Å². The van der Waals surface area contributed by atoms with Crippen molar-refractivity contribution in [3.05, 3.63) is 42.1 Å². The molecule has 1 aromatic rings. The van der Waals surface area contributed by atoms with Crippen LogP contribution in [0.1, 0.15) is 32.8 Å². The summed E-state index contributed by atoms with van der Waals surface area (Å²) in [6, 6.07) is 8.54. The van der Waals surface area contributed by atoms with Gasteiger partial charge < -0.3 is 4.90 Å². The van der Waals surface area contributed by atoms with Crippen LogP contribution in [-0.4, -0.2) is 6.54 Å². The van der Waals surface area contributed by atoms with Crippen molar-refractivity contribution in [2.75, 3.05) is 11.4 Å². The third-order valence-corrected chi connectivity index (χ3v) is 2.35. The number of hydrogen-bond donors (Lipinski definition) is 0. The molecule has 15 heavy (non-hydrogen) atoms. The van der Waals surface area contributed by atoms with Crippen LogP contribution in [0.4, 0.5) is 5.69 Å². The Bertz CT molecular complexity index is 328. The van der Waals surface area contributed by atoms with Gasteiger partial charge in [-0.2, -0.15) is 0 Å². The number of benzene rings is 1. The number of rotatable bonds is 1. The third kappa shape index (κ3) is 2.85. The maximum Gasteiger partial charge on any atom is 0.0441 e. The zero-order valence-electron chi connectivity index (χ0n) is 10.1. The summed E-state index contributed by atoms with van der Waals surface area (Å²) in [5, 5.41) is 0. The molecule has 82 valence electrons. The number of nitrogens with zero attached hydrogens (tertiary/aromatic N) is 1. The topological polar surface area (TPSA) is 3.24 Å². The number of fused-ring (bicyclic) bond motifs is 1. The van der Waals surface area contributed by atoms with E-state index in [0.717, 1.165) is 18.7 Å². The Morgan fingerprint density at radius 3 is 2.53 bits per heavy atom.